The van der Waals surface area contributed by atoms with Gasteiger partial charge < -0.3 is 15.6 Å². The topological polar surface area (TPSA) is 137 Å². The number of aliphatic carboxylic acids is 1. The van der Waals surface area contributed by atoms with Crippen LogP contribution in [0.1, 0.15) is 56.0 Å². The minimum atomic E-state index is -2.84. The first-order valence-electron chi connectivity index (χ1n) is 12.5. The maximum atomic E-state index is 13.7. The molecule has 0 saturated heterocycles. The fourth-order valence-electron chi connectivity index (χ4n) is 4.40. The highest BCUT2D eigenvalue weighted by Gasteiger charge is 2.40. The lowest BCUT2D eigenvalue weighted by Crippen LogP contribution is -2.36. The molecule has 0 fully saturated rings. The van der Waals surface area contributed by atoms with Gasteiger partial charge >= 0.3 is 5.97 Å². The average Bonchev–Trinajstić information content (AvgIpc) is 2.92. The van der Waals surface area contributed by atoms with E-state index in [1.807, 2.05) is 0 Å². The molecular formula is C28H27F3N6O3. The molecule has 0 bridgehead atoms. The largest absolute Gasteiger partial charge is 0.480 e. The summed E-state index contributed by atoms with van der Waals surface area (Å²) in [6.45, 7) is 4.91. The third kappa shape index (κ3) is 5.70. The number of nitrogens with two attached hydrogens (primary N) is 1. The van der Waals surface area contributed by atoms with E-state index in [4.69, 9.17) is 10.5 Å². The highest BCUT2D eigenvalue weighted by Crippen LogP contribution is 2.39. The second-order valence-corrected chi connectivity index (χ2v) is 9.09. The van der Waals surface area contributed by atoms with Crippen LogP contribution in [-0.4, -0.2) is 36.0 Å². The van der Waals surface area contributed by atoms with E-state index in [0.717, 1.165) is 0 Å². The maximum Gasteiger partial charge on any atom is 0.317 e. The molecule has 0 radical (unpaired) electrons. The number of carboxylic acid groups (broad SMARTS) is 1. The van der Waals surface area contributed by atoms with E-state index in [2.05, 4.69) is 24.9 Å². The van der Waals surface area contributed by atoms with Gasteiger partial charge in [0.25, 0.3) is 6.43 Å². The molecule has 0 unspecified atom stereocenters. The molecule has 9 nitrogen and oxygen atoms in total. The first-order chi connectivity index (χ1) is 19.1. The van der Waals surface area contributed by atoms with E-state index in [1.165, 1.54) is 36.5 Å². The quantitative estimate of drug-likeness (QED) is 0.254. The second-order valence-electron chi connectivity index (χ2n) is 9.09. The number of hydrogen-bond acceptors (Lipinski definition) is 8. The zero-order chi connectivity index (χ0) is 29.0. The summed E-state index contributed by atoms with van der Waals surface area (Å²) in [5.74, 6) is -1.56. The number of aromatic nitrogens is 5. The zero-order valence-corrected chi connectivity index (χ0v) is 22.0. The van der Waals surface area contributed by atoms with Gasteiger partial charge in [0.1, 0.15) is 29.4 Å². The van der Waals surface area contributed by atoms with Gasteiger partial charge in [0.05, 0.1) is 17.0 Å². The first kappa shape index (κ1) is 28.4. The number of carboxylic acids is 1. The Labute approximate surface area is 228 Å². The van der Waals surface area contributed by atoms with E-state index < -0.39 is 29.3 Å². The first-order valence-corrected chi connectivity index (χ1v) is 12.5. The van der Waals surface area contributed by atoms with Crippen LogP contribution >= 0.6 is 0 Å². The lowest BCUT2D eigenvalue weighted by molar-refractivity contribution is -0.144. The summed E-state index contributed by atoms with van der Waals surface area (Å²) in [5.41, 5.74) is 6.19. The predicted octanol–water partition coefficient (Wildman–Crippen LogP) is 5.68. The number of rotatable bonds is 10. The van der Waals surface area contributed by atoms with Crippen molar-refractivity contribution in [2.24, 2.45) is 0 Å². The molecule has 0 aliphatic carbocycles. The van der Waals surface area contributed by atoms with Crippen molar-refractivity contribution in [2.45, 2.75) is 52.1 Å². The number of aryl methyl sites for hydroxylation is 1. The molecule has 0 atom stereocenters. The van der Waals surface area contributed by atoms with Crippen LogP contribution in [0.15, 0.2) is 48.7 Å². The Hall–Kier alpha value is -4.61. The fourth-order valence-corrected chi connectivity index (χ4v) is 4.40. The molecule has 4 aromatic rings. The van der Waals surface area contributed by atoms with Crippen molar-refractivity contribution in [3.05, 3.63) is 77.4 Å². The molecule has 3 heterocycles. The van der Waals surface area contributed by atoms with Gasteiger partial charge in [-0.1, -0.05) is 13.8 Å². The summed E-state index contributed by atoms with van der Waals surface area (Å²) in [4.78, 5) is 33.2. The van der Waals surface area contributed by atoms with Gasteiger partial charge in [-0.2, -0.15) is 4.98 Å². The van der Waals surface area contributed by atoms with Crippen LogP contribution in [0.25, 0.3) is 22.4 Å². The number of carbonyl (C=O) groups is 1. The molecule has 208 valence electrons. The van der Waals surface area contributed by atoms with Gasteiger partial charge in [-0.15, -0.1) is 0 Å². The van der Waals surface area contributed by atoms with Crippen LogP contribution < -0.4 is 10.5 Å². The molecular weight excluding hydrogens is 525 g/mol. The summed E-state index contributed by atoms with van der Waals surface area (Å²) in [7, 11) is 0. The van der Waals surface area contributed by atoms with Gasteiger partial charge in [-0.25, -0.2) is 28.1 Å². The number of hydrogen-bond donors (Lipinski definition) is 2. The fraction of sp³-hybridized carbons (Fsp3) is 0.286. The smallest absolute Gasteiger partial charge is 0.317 e. The molecule has 0 aliphatic heterocycles. The van der Waals surface area contributed by atoms with Crippen molar-refractivity contribution < 1.29 is 27.8 Å². The van der Waals surface area contributed by atoms with E-state index in [1.54, 1.807) is 32.9 Å². The summed E-state index contributed by atoms with van der Waals surface area (Å²) >= 11 is 0. The van der Waals surface area contributed by atoms with Crippen LogP contribution in [0.2, 0.25) is 0 Å². The van der Waals surface area contributed by atoms with E-state index in [-0.39, 0.29) is 48.4 Å². The Morgan fingerprint density at radius 2 is 1.73 bits per heavy atom. The molecule has 4 rings (SSSR count). The number of benzene rings is 1. The van der Waals surface area contributed by atoms with Crippen molar-refractivity contribution in [2.75, 3.05) is 5.73 Å². The van der Waals surface area contributed by atoms with E-state index in [0.29, 0.717) is 22.5 Å². The summed E-state index contributed by atoms with van der Waals surface area (Å²) < 4.78 is 47.0. The highest BCUT2D eigenvalue weighted by molar-refractivity contribution is 5.85. The van der Waals surface area contributed by atoms with Crippen molar-refractivity contribution in [3.8, 4) is 28.3 Å². The number of anilines is 1. The molecule has 0 spiro atoms. The van der Waals surface area contributed by atoms with Gasteiger partial charge in [0.2, 0.25) is 11.8 Å². The van der Waals surface area contributed by atoms with Gasteiger partial charge in [0.15, 0.2) is 0 Å². The zero-order valence-electron chi connectivity index (χ0n) is 22.0. The SMILES string of the molecule is CCC(CC)(C(=O)O)c1nccc(COc2nc(N)nc(-c3ccc(F)cc3)c2-c2cc(C)nc(C(F)F)c2)n1. The number of pyridine rings is 1. The second kappa shape index (κ2) is 11.6. The van der Waals surface area contributed by atoms with Gasteiger partial charge in [-0.05, 0) is 67.8 Å². The minimum absolute atomic E-state index is 0.0340. The Bertz CT molecular complexity index is 1530. The molecule has 0 amide bonds. The molecule has 0 aliphatic rings. The standard InChI is InChI=1S/C28H27F3N6O3/c1-4-28(5-2,26(38)39)25-33-11-10-19(35-25)14-40-24-21(17-12-15(3)34-20(13-17)23(30)31)22(36-27(32)37-24)16-6-8-18(29)9-7-16/h6-13,23H,4-5,14H2,1-3H3,(H,38,39)(H2,32,36,37). The minimum Gasteiger partial charge on any atom is -0.480 e. The van der Waals surface area contributed by atoms with Crippen molar-refractivity contribution in [1.29, 1.82) is 0 Å². The third-order valence-electron chi connectivity index (χ3n) is 6.61. The maximum absolute atomic E-state index is 13.7. The number of nitrogens with zero attached hydrogens (tertiary/aromatic N) is 5. The molecule has 3 aromatic heterocycles. The van der Waals surface area contributed by atoms with Gasteiger partial charge in [0, 0.05) is 17.5 Å². The van der Waals surface area contributed by atoms with E-state index in [9.17, 15) is 23.1 Å². The highest BCUT2D eigenvalue weighted by atomic mass is 19.3. The van der Waals surface area contributed by atoms with Crippen LogP contribution in [-0.2, 0) is 16.8 Å². The normalized spacial score (nSPS) is 11.6. The van der Waals surface area contributed by atoms with Crippen LogP contribution in [0.5, 0.6) is 5.88 Å². The molecule has 1 aromatic carbocycles. The third-order valence-corrected chi connectivity index (χ3v) is 6.61. The van der Waals surface area contributed by atoms with Crippen molar-refractivity contribution in [3.63, 3.8) is 0 Å². The Morgan fingerprint density at radius 3 is 2.35 bits per heavy atom. The van der Waals surface area contributed by atoms with Crippen molar-refractivity contribution in [1.82, 2.24) is 24.9 Å². The molecule has 0 saturated carbocycles. The van der Waals surface area contributed by atoms with E-state index >= 15 is 0 Å². The van der Waals surface area contributed by atoms with Crippen LogP contribution in [0.3, 0.4) is 0 Å². The average molecular weight is 553 g/mol. The summed E-state index contributed by atoms with van der Waals surface area (Å²) in [6, 6.07) is 9.77. The molecule has 40 heavy (non-hydrogen) atoms. The Morgan fingerprint density at radius 1 is 1.02 bits per heavy atom. The number of alkyl halides is 2. The number of halogens is 3. The van der Waals surface area contributed by atoms with Crippen LogP contribution in [0.4, 0.5) is 19.1 Å². The van der Waals surface area contributed by atoms with Gasteiger partial charge in [-0.3, -0.25) is 9.78 Å². The molecule has 3 N–H and O–H groups in total. The van der Waals surface area contributed by atoms with Crippen LogP contribution in [0, 0.1) is 12.7 Å². The molecule has 12 heteroatoms. The lowest BCUT2D eigenvalue weighted by atomic mass is 9.81. The number of nitrogen functional groups attached to an aromatic ring is 1. The predicted molar refractivity (Wildman–Crippen MR) is 141 cm³/mol. The summed E-state index contributed by atoms with van der Waals surface area (Å²) in [5, 5.41) is 9.88. The van der Waals surface area contributed by atoms with Crippen molar-refractivity contribution >= 4 is 11.9 Å². The Balaban J connectivity index is 1.83. The monoisotopic (exact) mass is 552 g/mol. The number of ether oxygens (including phenoxy) is 1. The summed E-state index contributed by atoms with van der Waals surface area (Å²) in [6.07, 6.45) is -0.822. The Kier molecular flexibility index (Phi) is 8.26. The lowest BCUT2D eigenvalue weighted by Gasteiger charge is -2.25.